The number of phosphoric acid groups is 1. The van der Waals surface area contributed by atoms with E-state index >= 15 is 0 Å². The zero-order chi connectivity index (χ0) is 102. The number of nitrogens with zero attached hydrogens (tertiary/aromatic N) is 1. The van der Waals surface area contributed by atoms with Gasteiger partial charge in [-0.3, -0.25) is 18.6 Å². The highest BCUT2D eigenvalue weighted by atomic mass is 31.2. The molecule has 0 rings (SSSR count). The van der Waals surface area contributed by atoms with Crippen LogP contribution in [-0.4, -0.2) is 74.9 Å². The fraction of sp³-hybridized carbons (Fsp3) is 0.955. The Morgan fingerprint density at radius 1 is 0.556 bits per heavy atom. The van der Waals surface area contributed by atoms with Gasteiger partial charge in [-0.15, -0.1) is 0 Å². The highest BCUT2D eigenvalue weighted by Gasteiger charge is 2.27. The molecule has 1 unspecified atom stereocenters. The van der Waals surface area contributed by atoms with Crippen LogP contribution in [0.3, 0.4) is 0 Å². The van der Waals surface area contributed by atoms with Crippen LogP contribution in [0.5, 0.6) is 0 Å². The lowest BCUT2D eigenvalue weighted by atomic mass is 10.0. The van der Waals surface area contributed by atoms with Crippen molar-refractivity contribution in [3.8, 4) is 0 Å². The molecule has 0 aromatic rings. The van der Waals surface area contributed by atoms with Crippen LogP contribution in [0.4, 0.5) is 0 Å². The number of hydrogen-bond acceptors (Lipinski definition) is 7. The number of likely N-dealkylation sites (N-methyl/N-ethyl adjacent to an activating group) is 1. The summed E-state index contributed by atoms with van der Waals surface area (Å²) in [5, 5.41) is 0. The minimum absolute atomic E-state index is 0.100. The first-order valence-electron chi connectivity index (χ1n) is 49.1. The Morgan fingerprint density at radius 2 is 0.907 bits per heavy atom. The van der Waals surface area contributed by atoms with Crippen molar-refractivity contribution < 1.29 is 138 Å². The van der Waals surface area contributed by atoms with Crippen LogP contribution in [0.15, 0.2) is 0 Å². The lowest BCUT2D eigenvalue weighted by Gasteiger charge is -2.24. The lowest BCUT2D eigenvalue weighted by Crippen LogP contribution is -2.37. The highest BCUT2D eigenvalue weighted by Crippen LogP contribution is 2.43. The van der Waals surface area contributed by atoms with Crippen molar-refractivity contribution in [3.05, 3.63) is 0 Å². The molecule has 0 aliphatic carbocycles. The van der Waals surface area contributed by atoms with E-state index in [1.807, 2.05) is 0 Å². The first-order chi connectivity index (χ1) is 52.3. The van der Waals surface area contributed by atoms with Gasteiger partial charge in [-0.1, -0.05) is 192 Å². The summed E-state index contributed by atoms with van der Waals surface area (Å²) in [7, 11) is -1.41. The Hall–Kier alpha value is -0.990. The summed E-state index contributed by atoms with van der Waals surface area (Å²) >= 11 is 0. The largest absolute Gasteiger partial charge is 0.472 e. The van der Waals surface area contributed by atoms with Crippen molar-refractivity contribution in [2.75, 3.05) is 47.5 Å². The van der Waals surface area contributed by atoms with Crippen LogP contribution < -0.4 is 0 Å². The SMILES string of the molecule is [2H]C([2H])([2H])C([2H])([2H])C([2H])([2H])C([2H])([2H])C([2H])([2H])C([2H])([2H])C([2H])([2H])C([2H])([2H])C([2H])([2H])C([2H])([2H])C([2H])([2H])C([2H])([2H])C([2H])([2H])C([2H])([2H])C([2H])([2H])C([2H])([2H])C([2H])([2H])C(=O)OC[C@H](COP(=O)(O)OCC[N+](C)(C)C)OC(=O)C([2H])([2H])C([2H])([2H])C([2H])([2H])C([2H])([2H])C([2H])([2H])C([2H])([2H])C([2H])([2H])C([2H])([2H])C([2H])([2H])C([2H])([2H])C([2H])([2H])C([2H])([2H])C([2H])([2H])C([2H])([2H])C([2H])([2H])C([2H])([2H])C([2H])([2H])[2H]. The van der Waals surface area contributed by atoms with E-state index in [4.69, 9.17) is 100 Å². The second kappa shape index (κ2) is 37.6. The number of carbonyl (C=O) groups excluding carboxylic acids is 2. The molecule has 0 saturated carbocycles. The van der Waals surface area contributed by atoms with Gasteiger partial charge in [0.2, 0.25) is 0 Å². The van der Waals surface area contributed by atoms with Crippen LogP contribution in [0.1, 0.15) is 314 Å². The number of rotatable bonds is 42. The average molecular weight is 862 g/mol. The van der Waals surface area contributed by atoms with Crippen molar-refractivity contribution in [1.29, 1.82) is 0 Å². The van der Waals surface area contributed by atoms with Gasteiger partial charge >= 0.3 is 19.8 Å². The van der Waals surface area contributed by atoms with E-state index in [9.17, 15) is 19.0 Å². The van der Waals surface area contributed by atoms with E-state index in [1.165, 1.54) is 21.1 Å². The second-order valence-corrected chi connectivity index (χ2v) is 10.7. The molecule has 0 fully saturated rings. The molecule has 0 spiro atoms. The quantitative estimate of drug-likeness (QED) is 0.0367. The van der Waals surface area contributed by atoms with Gasteiger partial charge in [0, 0.05) is 109 Å². The smallest absolute Gasteiger partial charge is 0.462 e. The van der Waals surface area contributed by atoms with E-state index in [0.29, 0.717) is 0 Å². The predicted molar refractivity (Wildman–Crippen MR) is 225 cm³/mol. The maximum atomic E-state index is 14.1. The molecule has 0 amide bonds. The first-order valence-corrected chi connectivity index (χ1v) is 15.6. The molecule has 54 heavy (non-hydrogen) atoms. The standard InChI is InChI=1S/C44H88NO8P/c1-6-8-10-12-14-16-18-20-22-24-26-28-30-32-34-36-43(46)50-40-42(41-52-54(48,49)51-39-38-45(3,4)5)53-44(47)37-35-33-31-29-27-25-23-21-19-17-15-13-11-9-7-2/h42H,6-41H2,1-5H3/p+1/t42-/m1/s1/i1D3,2D3,6D2,7D2,8D2,9D2,10D2,11D2,12D2,13D2,14D2,15D2,16D2,17D2,18D2,19D2,20D2,21D2,22D2,23D2,24D2,25D2,26D2,27D2,28D2,29D2,30D2,31D2,32D2,33D2,34D2,35D2,36D2,37D2. The molecule has 0 bridgehead atoms. The fourth-order valence-corrected chi connectivity index (χ4v) is 2.86. The van der Waals surface area contributed by atoms with E-state index in [-0.39, 0.29) is 11.0 Å². The van der Waals surface area contributed by atoms with Gasteiger partial charge in [-0.25, -0.2) is 4.57 Å². The summed E-state index contributed by atoms with van der Waals surface area (Å²) in [5.41, 5.74) is 0. The summed E-state index contributed by atoms with van der Waals surface area (Å²) in [6, 6.07) is 0. The van der Waals surface area contributed by atoms with Gasteiger partial charge in [-0.05, 0) is 12.7 Å². The van der Waals surface area contributed by atoms with Crippen LogP contribution in [-0.2, 0) is 32.7 Å². The van der Waals surface area contributed by atoms with Gasteiger partial charge in [0.05, 0.1) is 27.7 Å². The summed E-state index contributed by atoms with van der Waals surface area (Å²) in [5.74, 6) is -6.27. The topological polar surface area (TPSA) is 108 Å². The zero-order valence-electron chi connectivity index (χ0n) is 98.6. The fourth-order valence-electron chi connectivity index (χ4n) is 2.12. The number of carbonyl (C=O) groups is 2. The summed E-state index contributed by atoms with van der Waals surface area (Å²) < 4.78 is 611. The highest BCUT2D eigenvalue weighted by molar-refractivity contribution is 7.47. The first kappa shape index (κ1) is 9.63. The molecule has 0 heterocycles. The third-order valence-corrected chi connectivity index (χ3v) is 5.18. The summed E-state index contributed by atoms with van der Waals surface area (Å²) in [6.45, 7) is -14.1. The van der Waals surface area contributed by atoms with Crippen molar-refractivity contribution in [3.63, 3.8) is 0 Å². The van der Waals surface area contributed by atoms with Gasteiger partial charge in [-0.2, -0.15) is 0 Å². The maximum Gasteiger partial charge on any atom is 0.472 e. The molecule has 1 N–H and O–H groups in total. The maximum absolute atomic E-state index is 14.1. The number of phosphoric ester groups is 1. The normalized spacial score (nSPS) is 41.7. The van der Waals surface area contributed by atoms with Gasteiger partial charge in [0.1, 0.15) is 19.8 Å². The molecule has 322 valence electrons. The second-order valence-electron chi connectivity index (χ2n) is 9.24. The Morgan fingerprint density at radius 3 is 1.28 bits per heavy atom. The van der Waals surface area contributed by atoms with Gasteiger partial charge in [0.15, 0.2) is 6.10 Å². The molecule has 0 aliphatic heterocycles. The van der Waals surface area contributed by atoms with E-state index in [2.05, 4.69) is 14.0 Å². The molecular weight excluding hydrogens is 701 g/mol. The lowest BCUT2D eigenvalue weighted by molar-refractivity contribution is -0.870. The third-order valence-electron chi connectivity index (χ3n) is 4.19. The van der Waals surface area contributed by atoms with E-state index < -0.39 is 263 Å². The molecule has 0 aromatic heterocycles. The summed E-state index contributed by atoms with van der Waals surface area (Å²) in [6.07, 6.45) is -175. The van der Waals surface area contributed by atoms with Crippen molar-refractivity contribution in [2.45, 2.75) is 224 Å². The number of quaternary nitrogens is 1. The summed E-state index contributed by atoms with van der Waals surface area (Å²) in [4.78, 5) is 38.4. The predicted octanol–water partition coefficient (Wildman–Crippen LogP) is 12.8. The molecule has 2 atom stereocenters. The Balaban J connectivity index is 8.40. The van der Waals surface area contributed by atoms with Crippen LogP contribution >= 0.6 is 7.82 Å². The number of ether oxygens (including phenoxy) is 2. The van der Waals surface area contributed by atoms with Crippen LogP contribution in [0.2, 0.25) is 0 Å². The molecule has 0 aliphatic rings. The third kappa shape index (κ3) is 40.7. The monoisotopic (exact) mass is 861 g/mol. The van der Waals surface area contributed by atoms with Gasteiger partial charge < -0.3 is 18.9 Å². The van der Waals surface area contributed by atoms with Crippen LogP contribution in [0, 0.1) is 0 Å². The minimum Gasteiger partial charge on any atom is -0.462 e. The van der Waals surface area contributed by atoms with Crippen LogP contribution in [0.25, 0.3) is 0 Å². The van der Waals surface area contributed by atoms with Crippen molar-refractivity contribution >= 4 is 19.8 Å². The molecule has 0 saturated heterocycles. The van der Waals surface area contributed by atoms with Crippen molar-refractivity contribution in [2.24, 2.45) is 0 Å². The zero-order valence-corrected chi connectivity index (χ0v) is 29.5. The molecule has 10 heteroatoms. The minimum atomic E-state index is -5.76. The molecule has 9 nitrogen and oxygen atoms in total. The Bertz CT molecular complexity index is 3850. The van der Waals surface area contributed by atoms with E-state index in [0.717, 1.165) is 0 Å². The van der Waals surface area contributed by atoms with Gasteiger partial charge in [0.25, 0.3) is 0 Å². The number of hydrogen-bond donors (Lipinski definition) is 1. The Kier molecular flexibility index (Phi) is 6.70. The molecule has 0 aromatic carbocycles. The average Bonchev–Trinajstić information content (AvgIpc) is 0.678. The molecule has 0 radical (unpaired) electrons. The Labute approximate surface area is 432 Å². The van der Waals surface area contributed by atoms with Crippen molar-refractivity contribution in [1.82, 2.24) is 0 Å². The molecular formula is C44H89NO8P+. The van der Waals surface area contributed by atoms with E-state index in [1.54, 1.807) is 0 Å². The number of esters is 2.